The smallest absolute Gasteiger partial charge is 0.415 e. The molecule has 0 saturated carbocycles. The SMILES string of the molecule is COc1ccc(CC(=O)NCC2CN(c3cccs3)C(=O)O2)cc1. The molecule has 1 aliphatic heterocycles. The van der Waals surface area contributed by atoms with Gasteiger partial charge in [0, 0.05) is 0 Å². The van der Waals surface area contributed by atoms with Crippen LogP contribution in [0.2, 0.25) is 0 Å². The van der Waals surface area contributed by atoms with Gasteiger partial charge in [0.2, 0.25) is 5.91 Å². The van der Waals surface area contributed by atoms with Crippen molar-refractivity contribution in [3.8, 4) is 5.75 Å². The van der Waals surface area contributed by atoms with Crippen molar-refractivity contribution in [2.24, 2.45) is 0 Å². The van der Waals surface area contributed by atoms with Gasteiger partial charge in [-0.15, -0.1) is 11.3 Å². The lowest BCUT2D eigenvalue weighted by Crippen LogP contribution is -2.35. The lowest BCUT2D eigenvalue weighted by atomic mass is 10.1. The summed E-state index contributed by atoms with van der Waals surface area (Å²) in [7, 11) is 1.60. The molecule has 1 N–H and O–H groups in total. The maximum absolute atomic E-state index is 12.0. The van der Waals surface area contributed by atoms with Crippen molar-refractivity contribution < 1.29 is 19.1 Å². The van der Waals surface area contributed by atoms with Crippen molar-refractivity contribution >= 4 is 28.3 Å². The number of carbonyl (C=O) groups is 2. The number of amides is 2. The fourth-order valence-corrected chi connectivity index (χ4v) is 3.18. The molecule has 0 bridgehead atoms. The second kappa shape index (κ2) is 7.35. The molecule has 1 unspecified atom stereocenters. The highest BCUT2D eigenvalue weighted by Gasteiger charge is 2.32. The topological polar surface area (TPSA) is 67.9 Å². The molecule has 2 amide bonds. The first-order valence-corrected chi connectivity index (χ1v) is 8.45. The van der Waals surface area contributed by atoms with Crippen molar-refractivity contribution in [1.29, 1.82) is 0 Å². The lowest BCUT2D eigenvalue weighted by molar-refractivity contribution is -0.120. The van der Waals surface area contributed by atoms with Crippen LogP contribution in [0.15, 0.2) is 41.8 Å². The molecular weight excluding hydrogens is 328 g/mol. The Bertz CT molecular complexity index is 700. The fourth-order valence-electron chi connectivity index (χ4n) is 2.45. The monoisotopic (exact) mass is 346 g/mol. The molecule has 126 valence electrons. The Balaban J connectivity index is 1.47. The molecular formula is C17H18N2O4S. The summed E-state index contributed by atoms with van der Waals surface area (Å²) < 4.78 is 10.4. The Labute approximate surface area is 144 Å². The van der Waals surface area contributed by atoms with Gasteiger partial charge in [-0.1, -0.05) is 12.1 Å². The van der Waals surface area contributed by atoms with E-state index in [9.17, 15) is 9.59 Å². The highest BCUT2D eigenvalue weighted by Crippen LogP contribution is 2.26. The minimum absolute atomic E-state index is 0.106. The lowest BCUT2D eigenvalue weighted by Gasteiger charge is -2.11. The number of hydrogen-bond donors (Lipinski definition) is 1. The number of ether oxygens (including phenoxy) is 2. The Kier molecular flexibility index (Phi) is 5.00. The van der Waals surface area contributed by atoms with E-state index in [1.165, 1.54) is 11.3 Å². The van der Waals surface area contributed by atoms with Crippen LogP contribution >= 0.6 is 11.3 Å². The zero-order chi connectivity index (χ0) is 16.9. The molecule has 1 aromatic heterocycles. The fraction of sp³-hybridized carbons (Fsp3) is 0.294. The van der Waals surface area contributed by atoms with Gasteiger partial charge in [0.25, 0.3) is 0 Å². The molecule has 3 rings (SSSR count). The van der Waals surface area contributed by atoms with Gasteiger partial charge in [-0.3, -0.25) is 9.69 Å². The molecule has 0 spiro atoms. The number of anilines is 1. The van der Waals surface area contributed by atoms with E-state index in [0.29, 0.717) is 13.1 Å². The van der Waals surface area contributed by atoms with E-state index in [1.807, 2.05) is 41.8 Å². The van der Waals surface area contributed by atoms with Crippen molar-refractivity contribution in [3.63, 3.8) is 0 Å². The van der Waals surface area contributed by atoms with Crippen LogP contribution in [0.25, 0.3) is 0 Å². The first-order valence-electron chi connectivity index (χ1n) is 7.57. The van der Waals surface area contributed by atoms with Gasteiger partial charge in [0.1, 0.15) is 16.9 Å². The average molecular weight is 346 g/mol. The maximum atomic E-state index is 12.0. The van der Waals surface area contributed by atoms with Crippen LogP contribution in [0, 0.1) is 0 Å². The van der Waals surface area contributed by atoms with Crippen LogP contribution in [0.3, 0.4) is 0 Å². The van der Waals surface area contributed by atoms with Gasteiger partial charge >= 0.3 is 6.09 Å². The second-order valence-corrected chi connectivity index (χ2v) is 6.32. The standard InChI is InChI=1S/C17H18N2O4S/c1-22-13-6-4-12(5-7-13)9-15(20)18-10-14-11-19(17(21)23-14)16-3-2-8-24-16/h2-8,14H,9-11H2,1H3,(H,18,20). The zero-order valence-electron chi connectivity index (χ0n) is 13.2. The maximum Gasteiger partial charge on any atom is 0.415 e. The molecule has 6 nitrogen and oxygen atoms in total. The van der Waals surface area contributed by atoms with E-state index in [-0.39, 0.29) is 24.5 Å². The predicted octanol–water partition coefficient (Wildman–Crippen LogP) is 2.44. The van der Waals surface area contributed by atoms with Gasteiger partial charge < -0.3 is 14.8 Å². The minimum atomic E-state index is -0.369. The molecule has 24 heavy (non-hydrogen) atoms. The minimum Gasteiger partial charge on any atom is -0.497 e. The molecule has 1 fully saturated rings. The van der Waals surface area contributed by atoms with Crippen LogP contribution < -0.4 is 15.0 Å². The van der Waals surface area contributed by atoms with Crippen molar-refractivity contribution in [3.05, 3.63) is 47.3 Å². The number of carbonyl (C=O) groups excluding carboxylic acids is 2. The highest BCUT2D eigenvalue weighted by molar-refractivity contribution is 7.14. The summed E-state index contributed by atoms with van der Waals surface area (Å²) in [6, 6.07) is 11.1. The molecule has 0 aliphatic carbocycles. The normalized spacial score (nSPS) is 16.8. The second-order valence-electron chi connectivity index (χ2n) is 5.40. The Morgan fingerprint density at radius 3 is 2.83 bits per heavy atom. The number of benzene rings is 1. The summed E-state index contributed by atoms with van der Waals surface area (Å²) in [5.74, 6) is 0.650. The van der Waals surface area contributed by atoms with Gasteiger partial charge in [-0.05, 0) is 35.2 Å². The predicted molar refractivity (Wildman–Crippen MR) is 91.6 cm³/mol. The number of methoxy groups -OCH3 is 1. The molecule has 1 atom stereocenters. The van der Waals surface area contributed by atoms with Gasteiger partial charge in [0.05, 0.1) is 26.6 Å². The summed E-state index contributed by atoms with van der Waals surface area (Å²) in [6.07, 6.45) is -0.425. The molecule has 7 heteroatoms. The van der Waals surface area contributed by atoms with E-state index < -0.39 is 0 Å². The number of nitrogens with zero attached hydrogens (tertiary/aromatic N) is 1. The number of cyclic esters (lactones) is 1. The Morgan fingerprint density at radius 1 is 1.38 bits per heavy atom. The molecule has 2 aromatic rings. The first kappa shape index (κ1) is 16.3. The van der Waals surface area contributed by atoms with E-state index in [0.717, 1.165) is 16.3 Å². The van der Waals surface area contributed by atoms with Gasteiger partial charge in [-0.25, -0.2) is 4.79 Å². The number of rotatable bonds is 6. The summed E-state index contributed by atoms with van der Waals surface area (Å²) in [5, 5.41) is 5.58. The third-order valence-electron chi connectivity index (χ3n) is 3.70. The third-order valence-corrected chi connectivity index (χ3v) is 4.59. The third kappa shape index (κ3) is 3.86. The van der Waals surface area contributed by atoms with Crippen molar-refractivity contribution in [2.75, 3.05) is 25.1 Å². The summed E-state index contributed by atoms with van der Waals surface area (Å²) in [6.45, 7) is 0.755. The van der Waals surface area contributed by atoms with Crippen LogP contribution in [-0.2, 0) is 16.0 Å². The summed E-state index contributed by atoms with van der Waals surface area (Å²) in [4.78, 5) is 25.5. The summed E-state index contributed by atoms with van der Waals surface area (Å²) in [5.41, 5.74) is 0.900. The molecule has 1 aliphatic rings. The van der Waals surface area contributed by atoms with E-state index >= 15 is 0 Å². The number of thiophene rings is 1. The first-order chi connectivity index (χ1) is 11.7. The highest BCUT2D eigenvalue weighted by atomic mass is 32.1. The average Bonchev–Trinajstić information content (AvgIpc) is 3.23. The Morgan fingerprint density at radius 2 is 2.17 bits per heavy atom. The van der Waals surface area contributed by atoms with E-state index in [1.54, 1.807) is 12.0 Å². The number of nitrogens with one attached hydrogen (secondary N) is 1. The Hall–Kier alpha value is -2.54. The molecule has 0 radical (unpaired) electrons. The molecule has 2 heterocycles. The van der Waals surface area contributed by atoms with Gasteiger partial charge in [-0.2, -0.15) is 0 Å². The van der Waals surface area contributed by atoms with Crippen LogP contribution in [-0.4, -0.2) is 38.3 Å². The summed E-state index contributed by atoms with van der Waals surface area (Å²) >= 11 is 1.48. The van der Waals surface area contributed by atoms with Gasteiger partial charge in [0.15, 0.2) is 0 Å². The quantitative estimate of drug-likeness (QED) is 0.872. The van der Waals surface area contributed by atoms with E-state index in [2.05, 4.69) is 5.32 Å². The molecule has 1 saturated heterocycles. The van der Waals surface area contributed by atoms with Crippen LogP contribution in [0.4, 0.5) is 9.80 Å². The van der Waals surface area contributed by atoms with E-state index in [4.69, 9.17) is 9.47 Å². The largest absolute Gasteiger partial charge is 0.497 e. The molecule has 1 aromatic carbocycles. The van der Waals surface area contributed by atoms with Crippen LogP contribution in [0.5, 0.6) is 5.75 Å². The van der Waals surface area contributed by atoms with Crippen molar-refractivity contribution in [1.82, 2.24) is 5.32 Å². The zero-order valence-corrected chi connectivity index (χ0v) is 14.0. The van der Waals surface area contributed by atoms with Crippen molar-refractivity contribution in [2.45, 2.75) is 12.5 Å². The number of hydrogen-bond acceptors (Lipinski definition) is 5. The van der Waals surface area contributed by atoms with Crippen LogP contribution in [0.1, 0.15) is 5.56 Å².